The van der Waals surface area contributed by atoms with Gasteiger partial charge in [-0.3, -0.25) is 4.79 Å². The Morgan fingerprint density at radius 2 is 2.12 bits per heavy atom. The van der Waals surface area contributed by atoms with Gasteiger partial charge in [-0.15, -0.1) is 0 Å². The molecule has 0 spiro atoms. The quantitative estimate of drug-likeness (QED) is 0.838. The van der Waals surface area contributed by atoms with Crippen LogP contribution in [-0.2, 0) is 4.79 Å². The molecule has 1 aromatic carbocycles. The van der Waals surface area contributed by atoms with Gasteiger partial charge in [-0.2, -0.15) is 0 Å². The van der Waals surface area contributed by atoms with Crippen LogP contribution in [0.3, 0.4) is 0 Å². The summed E-state index contributed by atoms with van der Waals surface area (Å²) in [5, 5.41) is 9.41. The number of phenols is 1. The van der Waals surface area contributed by atoms with Crippen molar-refractivity contribution in [2.75, 3.05) is 11.4 Å². The van der Waals surface area contributed by atoms with Gasteiger partial charge in [-0.1, -0.05) is 6.07 Å². The maximum Gasteiger partial charge on any atom is 0.228 e. The van der Waals surface area contributed by atoms with Gasteiger partial charge in [0.05, 0.1) is 0 Å². The van der Waals surface area contributed by atoms with Crippen LogP contribution in [0.4, 0.5) is 5.69 Å². The molecule has 0 bridgehead atoms. The van der Waals surface area contributed by atoms with Gasteiger partial charge >= 0.3 is 0 Å². The zero-order valence-corrected chi connectivity index (χ0v) is 10.6. The summed E-state index contributed by atoms with van der Waals surface area (Å²) >= 11 is 0. The Kier molecular flexibility index (Phi) is 4.12. The highest BCUT2D eigenvalue weighted by atomic mass is 16.3. The lowest BCUT2D eigenvalue weighted by Crippen LogP contribution is -2.41. The molecule has 0 unspecified atom stereocenters. The standard InChI is InChI=1S/C13H20N2O2/c1-4-15(12(17)9-13(2,3)14)10-6-5-7-11(16)8-10/h5-8,16H,4,9,14H2,1-3H3. The summed E-state index contributed by atoms with van der Waals surface area (Å²) in [7, 11) is 0. The van der Waals surface area contributed by atoms with Crippen LogP contribution in [0.2, 0.25) is 0 Å². The Morgan fingerprint density at radius 1 is 1.47 bits per heavy atom. The number of phenolic OH excluding ortho intramolecular Hbond substituents is 1. The first kappa shape index (κ1) is 13.5. The number of aromatic hydroxyl groups is 1. The molecule has 0 aliphatic carbocycles. The van der Waals surface area contributed by atoms with Crippen molar-refractivity contribution in [3.63, 3.8) is 0 Å². The van der Waals surface area contributed by atoms with Crippen molar-refractivity contribution in [3.8, 4) is 5.75 Å². The smallest absolute Gasteiger partial charge is 0.228 e. The van der Waals surface area contributed by atoms with Gasteiger partial charge in [0.25, 0.3) is 0 Å². The van der Waals surface area contributed by atoms with Crippen molar-refractivity contribution < 1.29 is 9.90 Å². The largest absolute Gasteiger partial charge is 0.508 e. The molecule has 0 heterocycles. The SMILES string of the molecule is CCN(C(=O)CC(C)(C)N)c1cccc(O)c1. The molecule has 0 radical (unpaired) electrons. The van der Waals surface area contributed by atoms with Gasteiger partial charge in [-0.05, 0) is 32.9 Å². The molecular weight excluding hydrogens is 216 g/mol. The molecule has 0 fully saturated rings. The van der Waals surface area contributed by atoms with Crippen molar-refractivity contribution in [1.29, 1.82) is 0 Å². The van der Waals surface area contributed by atoms with Crippen LogP contribution < -0.4 is 10.6 Å². The van der Waals surface area contributed by atoms with Crippen molar-refractivity contribution in [3.05, 3.63) is 24.3 Å². The lowest BCUT2D eigenvalue weighted by atomic mass is 10.0. The third-order valence-electron chi connectivity index (χ3n) is 2.37. The summed E-state index contributed by atoms with van der Waals surface area (Å²) in [6.07, 6.45) is 0.274. The van der Waals surface area contributed by atoms with Crippen LogP contribution in [0, 0.1) is 0 Å². The number of hydrogen-bond donors (Lipinski definition) is 2. The maximum atomic E-state index is 12.1. The second kappa shape index (κ2) is 5.19. The minimum Gasteiger partial charge on any atom is -0.508 e. The lowest BCUT2D eigenvalue weighted by Gasteiger charge is -2.25. The molecule has 1 rings (SSSR count). The van der Waals surface area contributed by atoms with Crippen molar-refractivity contribution in [1.82, 2.24) is 0 Å². The highest BCUT2D eigenvalue weighted by Gasteiger charge is 2.21. The van der Waals surface area contributed by atoms with E-state index in [0.29, 0.717) is 12.2 Å². The Hall–Kier alpha value is -1.55. The number of carbonyl (C=O) groups is 1. The molecule has 17 heavy (non-hydrogen) atoms. The number of hydrogen-bond acceptors (Lipinski definition) is 3. The second-order valence-corrected chi connectivity index (χ2v) is 4.82. The van der Waals surface area contributed by atoms with E-state index in [4.69, 9.17) is 5.73 Å². The third kappa shape index (κ3) is 4.07. The fourth-order valence-corrected chi connectivity index (χ4v) is 1.65. The molecule has 3 N–H and O–H groups in total. The molecule has 0 aromatic heterocycles. The molecular formula is C13H20N2O2. The molecule has 4 nitrogen and oxygen atoms in total. The molecule has 4 heteroatoms. The van der Waals surface area contributed by atoms with E-state index in [9.17, 15) is 9.90 Å². The molecule has 0 aliphatic rings. The third-order valence-corrected chi connectivity index (χ3v) is 2.37. The molecule has 0 atom stereocenters. The van der Waals surface area contributed by atoms with Crippen LogP contribution in [0.1, 0.15) is 27.2 Å². The second-order valence-electron chi connectivity index (χ2n) is 4.82. The monoisotopic (exact) mass is 236 g/mol. The van der Waals surface area contributed by atoms with Crippen LogP contribution in [0.15, 0.2) is 24.3 Å². The fourth-order valence-electron chi connectivity index (χ4n) is 1.65. The Balaban J connectivity index is 2.88. The summed E-state index contributed by atoms with van der Waals surface area (Å²) in [6, 6.07) is 6.67. The number of anilines is 1. The number of carbonyl (C=O) groups excluding carboxylic acids is 1. The highest BCUT2D eigenvalue weighted by molar-refractivity contribution is 5.94. The molecule has 0 saturated heterocycles. The molecule has 0 aliphatic heterocycles. The van der Waals surface area contributed by atoms with E-state index in [1.807, 2.05) is 20.8 Å². The maximum absolute atomic E-state index is 12.1. The van der Waals surface area contributed by atoms with Gasteiger partial charge in [0, 0.05) is 30.3 Å². The van der Waals surface area contributed by atoms with E-state index >= 15 is 0 Å². The van der Waals surface area contributed by atoms with E-state index in [0.717, 1.165) is 0 Å². The minimum atomic E-state index is -0.526. The van der Waals surface area contributed by atoms with E-state index < -0.39 is 5.54 Å². The molecule has 94 valence electrons. The minimum absolute atomic E-state index is 0.0365. The first-order chi connectivity index (χ1) is 7.83. The van der Waals surface area contributed by atoms with Gasteiger partial charge in [-0.25, -0.2) is 0 Å². The molecule has 0 saturated carbocycles. The van der Waals surface area contributed by atoms with Crippen LogP contribution in [0.25, 0.3) is 0 Å². The van der Waals surface area contributed by atoms with E-state index in [-0.39, 0.29) is 18.1 Å². The zero-order valence-electron chi connectivity index (χ0n) is 10.6. The average molecular weight is 236 g/mol. The number of rotatable bonds is 4. The van der Waals surface area contributed by atoms with Gasteiger partial charge in [0.1, 0.15) is 5.75 Å². The highest BCUT2D eigenvalue weighted by Crippen LogP contribution is 2.21. The fraction of sp³-hybridized carbons (Fsp3) is 0.462. The van der Waals surface area contributed by atoms with Crippen LogP contribution in [-0.4, -0.2) is 23.1 Å². The van der Waals surface area contributed by atoms with Crippen LogP contribution in [0.5, 0.6) is 5.75 Å². The summed E-state index contributed by atoms with van der Waals surface area (Å²) in [4.78, 5) is 13.7. The first-order valence-electron chi connectivity index (χ1n) is 5.72. The predicted octanol–water partition coefficient (Wildman–Crippen LogP) is 1.87. The van der Waals surface area contributed by atoms with E-state index in [1.165, 1.54) is 0 Å². The number of nitrogens with zero attached hydrogens (tertiary/aromatic N) is 1. The number of nitrogens with two attached hydrogens (primary N) is 1. The predicted molar refractivity (Wildman–Crippen MR) is 69.0 cm³/mol. The Morgan fingerprint density at radius 3 is 2.59 bits per heavy atom. The first-order valence-corrected chi connectivity index (χ1v) is 5.72. The topological polar surface area (TPSA) is 66.6 Å². The molecule has 1 aromatic rings. The Bertz CT molecular complexity index is 397. The summed E-state index contributed by atoms with van der Waals surface area (Å²) in [5.41, 5.74) is 6.01. The number of amides is 1. The van der Waals surface area contributed by atoms with E-state index in [2.05, 4.69) is 0 Å². The van der Waals surface area contributed by atoms with Gasteiger partial charge in [0.15, 0.2) is 0 Å². The summed E-state index contributed by atoms with van der Waals surface area (Å²) < 4.78 is 0. The zero-order chi connectivity index (χ0) is 13.1. The van der Waals surface area contributed by atoms with Crippen molar-refractivity contribution in [2.24, 2.45) is 5.73 Å². The summed E-state index contributed by atoms with van der Waals surface area (Å²) in [5.74, 6) is 0.117. The summed E-state index contributed by atoms with van der Waals surface area (Å²) in [6.45, 7) is 6.09. The van der Waals surface area contributed by atoms with Crippen molar-refractivity contribution in [2.45, 2.75) is 32.7 Å². The van der Waals surface area contributed by atoms with E-state index in [1.54, 1.807) is 29.2 Å². The normalized spacial score (nSPS) is 11.3. The van der Waals surface area contributed by atoms with Crippen LogP contribution >= 0.6 is 0 Å². The number of benzene rings is 1. The van der Waals surface area contributed by atoms with Gasteiger partial charge < -0.3 is 15.7 Å². The van der Waals surface area contributed by atoms with Gasteiger partial charge in [0.2, 0.25) is 5.91 Å². The average Bonchev–Trinajstić information content (AvgIpc) is 2.15. The molecule has 1 amide bonds. The Labute approximate surface area is 102 Å². The van der Waals surface area contributed by atoms with Crippen molar-refractivity contribution >= 4 is 11.6 Å². The lowest BCUT2D eigenvalue weighted by molar-refractivity contribution is -0.119.